The maximum absolute atomic E-state index is 12.6. The Morgan fingerprint density at radius 1 is 1.12 bits per heavy atom. The highest BCUT2D eigenvalue weighted by Crippen LogP contribution is 2.10. The summed E-state index contributed by atoms with van der Waals surface area (Å²) in [5.74, 6) is 0.0692. The van der Waals surface area contributed by atoms with Gasteiger partial charge in [0.2, 0.25) is 5.91 Å². The summed E-state index contributed by atoms with van der Waals surface area (Å²) in [6, 6.07) is 8.33. The first kappa shape index (κ1) is 22.0. The number of amides is 2. The molecule has 146 valence electrons. The number of benzene rings is 1. The van der Waals surface area contributed by atoms with E-state index in [1.807, 2.05) is 58.0 Å². The van der Waals surface area contributed by atoms with Gasteiger partial charge in [-0.25, -0.2) is 4.79 Å². The molecule has 6 nitrogen and oxygen atoms in total. The molecule has 0 spiro atoms. The molecule has 0 aliphatic rings. The molecule has 0 heterocycles. The molecule has 0 aliphatic heterocycles. The second kappa shape index (κ2) is 11.5. The Morgan fingerprint density at radius 2 is 1.77 bits per heavy atom. The highest BCUT2D eigenvalue weighted by atomic mass is 16.5. The minimum Gasteiger partial charge on any atom is -0.445 e. The van der Waals surface area contributed by atoms with Gasteiger partial charge in [-0.15, -0.1) is 0 Å². The number of aliphatic hydroxyl groups excluding tert-OH is 1. The smallest absolute Gasteiger partial charge is 0.408 e. The number of alkyl carbamates (subject to hydrolysis) is 1. The summed E-state index contributed by atoms with van der Waals surface area (Å²) in [5.41, 5.74) is 0.879. The molecule has 2 unspecified atom stereocenters. The maximum atomic E-state index is 12.6. The van der Waals surface area contributed by atoms with Crippen LogP contribution in [0, 0.1) is 11.8 Å². The Hall–Kier alpha value is -2.08. The number of hydrogen-bond donors (Lipinski definition) is 3. The van der Waals surface area contributed by atoms with Crippen LogP contribution in [0.2, 0.25) is 0 Å². The summed E-state index contributed by atoms with van der Waals surface area (Å²) in [6.45, 7) is 7.96. The molecule has 0 bridgehead atoms. The maximum Gasteiger partial charge on any atom is 0.408 e. The molecule has 3 N–H and O–H groups in total. The molecule has 0 aliphatic carbocycles. The average Bonchev–Trinajstić information content (AvgIpc) is 2.63. The van der Waals surface area contributed by atoms with E-state index in [0.717, 1.165) is 12.0 Å². The van der Waals surface area contributed by atoms with Crippen molar-refractivity contribution in [2.24, 2.45) is 11.8 Å². The largest absolute Gasteiger partial charge is 0.445 e. The molecule has 1 aromatic carbocycles. The third-order valence-electron chi connectivity index (χ3n) is 4.38. The van der Waals surface area contributed by atoms with Gasteiger partial charge in [-0.1, -0.05) is 64.4 Å². The monoisotopic (exact) mass is 364 g/mol. The van der Waals surface area contributed by atoms with Crippen molar-refractivity contribution in [1.29, 1.82) is 0 Å². The van der Waals surface area contributed by atoms with E-state index >= 15 is 0 Å². The average molecular weight is 364 g/mol. The lowest BCUT2D eigenvalue weighted by Crippen LogP contribution is -2.52. The lowest BCUT2D eigenvalue weighted by Gasteiger charge is -2.26. The van der Waals surface area contributed by atoms with Crippen molar-refractivity contribution < 1.29 is 19.4 Å². The minimum atomic E-state index is -0.698. The van der Waals surface area contributed by atoms with Gasteiger partial charge >= 0.3 is 6.09 Å². The van der Waals surface area contributed by atoms with E-state index < -0.39 is 12.1 Å². The van der Waals surface area contributed by atoms with Crippen molar-refractivity contribution in [2.75, 3.05) is 6.61 Å². The molecular formula is C20H32N2O4. The van der Waals surface area contributed by atoms with Crippen LogP contribution < -0.4 is 10.6 Å². The molecule has 26 heavy (non-hydrogen) atoms. The summed E-state index contributed by atoms with van der Waals surface area (Å²) in [4.78, 5) is 24.7. The molecule has 0 saturated carbocycles. The Labute approximate surface area is 156 Å². The Morgan fingerprint density at radius 3 is 2.31 bits per heavy atom. The summed E-state index contributed by atoms with van der Waals surface area (Å²) < 4.78 is 5.21. The first-order valence-electron chi connectivity index (χ1n) is 9.25. The quantitative estimate of drug-likeness (QED) is 0.596. The topological polar surface area (TPSA) is 87.7 Å². The van der Waals surface area contributed by atoms with Crippen LogP contribution in [0.15, 0.2) is 30.3 Å². The zero-order valence-corrected chi connectivity index (χ0v) is 16.2. The lowest BCUT2D eigenvalue weighted by atomic mass is 9.98. The Bertz CT molecular complexity index is 548. The third-order valence-corrected chi connectivity index (χ3v) is 4.38. The first-order valence-corrected chi connectivity index (χ1v) is 9.25. The second-order valence-corrected chi connectivity index (χ2v) is 7.07. The SMILES string of the molecule is CCC(C)C(CO)NC(=O)[C@H](CC(C)C)NC(=O)OCc1ccccc1. The van der Waals surface area contributed by atoms with Crippen LogP contribution in [-0.2, 0) is 16.1 Å². The summed E-state index contributed by atoms with van der Waals surface area (Å²) >= 11 is 0. The summed E-state index contributed by atoms with van der Waals surface area (Å²) in [5, 5.41) is 15.0. The van der Waals surface area contributed by atoms with Gasteiger partial charge in [-0.3, -0.25) is 4.79 Å². The van der Waals surface area contributed by atoms with E-state index in [1.165, 1.54) is 0 Å². The van der Waals surface area contributed by atoms with Crippen LogP contribution >= 0.6 is 0 Å². The van der Waals surface area contributed by atoms with E-state index in [9.17, 15) is 14.7 Å². The van der Waals surface area contributed by atoms with Gasteiger partial charge in [-0.05, 0) is 23.8 Å². The van der Waals surface area contributed by atoms with Crippen LogP contribution in [0.25, 0.3) is 0 Å². The van der Waals surface area contributed by atoms with E-state index in [1.54, 1.807) is 0 Å². The van der Waals surface area contributed by atoms with E-state index in [4.69, 9.17) is 4.74 Å². The van der Waals surface area contributed by atoms with Crippen LogP contribution in [0.4, 0.5) is 4.79 Å². The predicted molar refractivity (Wildman–Crippen MR) is 101 cm³/mol. The molecule has 0 aromatic heterocycles. The fraction of sp³-hybridized carbons (Fsp3) is 0.600. The fourth-order valence-corrected chi connectivity index (χ4v) is 2.55. The highest BCUT2D eigenvalue weighted by Gasteiger charge is 2.26. The van der Waals surface area contributed by atoms with Gasteiger partial charge in [0.15, 0.2) is 0 Å². The number of hydrogen-bond acceptors (Lipinski definition) is 4. The zero-order chi connectivity index (χ0) is 19.5. The second-order valence-electron chi connectivity index (χ2n) is 7.07. The number of aliphatic hydroxyl groups is 1. The molecule has 0 saturated heterocycles. The van der Waals surface area contributed by atoms with Crippen LogP contribution in [-0.4, -0.2) is 35.8 Å². The molecule has 1 rings (SSSR count). The first-order chi connectivity index (χ1) is 12.4. The zero-order valence-electron chi connectivity index (χ0n) is 16.2. The van der Waals surface area contributed by atoms with Gasteiger partial charge in [-0.2, -0.15) is 0 Å². The Kier molecular flexibility index (Phi) is 9.73. The normalized spacial score (nSPS) is 14.4. The van der Waals surface area contributed by atoms with Crippen molar-refractivity contribution >= 4 is 12.0 Å². The van der Waals surface area contributed by atoms with Gasteiger partial charge < -0.3 is 20.5 Å². The third kappa shape index (κ3) is 7.87. The fourth-order valence-electron chi connectivity index (χ4n) is 2.55. The molecule has 1 aromatic rings. The molecule has 6 heteroatoms. The van der Waals surface area contributed by atoms with Crippen LogP contribution in [0.1, 0.15) is 46.1 Å². The summed E-state index contributed by atoms with van der Waals surface area (Å²) in [6.07, 6.45) is 0.705. The van der Waals surface area contributed by atoms with Crippen LogP contribution in [0.3, 0.4) is 0 Å². The molecule has 0 fully saturated rings. The number of rotatable bonds is 10. The highest BCUT2D eigenvalue weighted by molar-refractivity contribution is 5.85. The molecule has 0 radical (unpaired) electrons. The number of ether oxygens (including phenoxy) is 1. The summed E-state index contributed by atoms with van der Waals surface area (Å²) in [7, 11) is 0. The standard InChI is InChI=1S/C20H32N2O4/c1-5-15(4)18(12-23)21-19(24)17(11-14(2)3)22-20(25)26-13-16-9-7-6-8-10-16/h6-10,14-15,17-18,23H,5,11-13H2,1-4H3,(H,21,24)(H,22,25)/t15?,17-,18?/m0/s1. The predicted octanol–water partition coefficient (Wildman–Crippen LogP) is 2.85. The number of nitrogens with one attached hydrogen (secondary N) is 2. The lowest BCUT2D eigenvalue weighted by molar-refractivity contribution is -0.124. The molecule has 3 atom stereocenters. The number of carbonyl (C=O) groups excluding carboxylic acids is 2. The van der Waals surface area contributed by atoms with Gasteiger partial charge in [0, 0.05) is 0 Å². The minimum absolute atomic E-state index is 0.131. The molecule has 2 amide bonds. The van der Waals surface area contributed by atoms with Gasteiger partial charge in [0.1, 0.15) is 12.6 Å². The van der Waals surface area contributed by atoms with Crippen molar-refractivity contribution in [3.8, 4) is 0 Å². The molecular weight excluding hydrogens is 332 g/mol. The van der Waals surface area contributed by atoms with E-state index in [-0.39, 0.29) is 37.0 Å². The van der Waals surface area contributed by atoms with E-state index in [0.29, 0.717) is 6.42 Å². The Balaban J connectivity index is 2.63. The van der Waals surface area contributed by atoms with Crippen molar-refractivity contribution in [1.82, 2.24) is 10.6 Å². The number of carbonyl (C=O) groups is 2. The van der Waals surface area contributed by atoms with Crippen molar-refractivity contribution in [3.05, 3.63) is 35.9 Å². The van der Waals surface area contributed by atoms with E-state index in [2.05, 4.69) is 10.6 Å². The van der Waals surface area contributed by atoms with Gasteiger partial charge in [0.05, 0.1) is 12.6 Å². The van der Waals surface area contributed by atoms with Crippen molar-refractivity contribution in [2.45, 2.75) is 59.2 Å². The van der Waals surface area contributed by atoms with Crippen LogP contribution in [0.5, 0.6) is 0 Å². The van der Waals surface area contributed by atoms with Gasteiger partial charge in [0.25, 0.3) is 0 Å². The van der Waals surface area contributed by atoms with Crippen molar-refractivity contribution in [3.63, 3.8) is 0 Å².